The van der Waals surface area contributed by atoms with Crippen molar-refractivity contribution in [3.63, 3.8) is 0 Å². The molecule has 0 unspecified atom stereocenters. The second kappa shape index (κ2) is 6.70. The first-order valence-corrected chi connectivity index (χ1v) is 7.11. The first-order chi connectivity index (χ1) is 10.1. The van der Waals surface area contributed by atoms with E-state index < -0.39 is 5.41 Å². The number of hydrogen-bond donors (Lipinski definition) is 1. The molecule has 0 aliphatic carbocycles. The van der Waals surface area contributed by atoms with Crippen LogP contribution in [0.5, 0.6) is 0 Å². The number of para-hydroxylation sites is 1. The smallest absolute Gasteiger partial charge is 0.235 e. The first-order valence-electron chi connectivity index (χ1n) is 7.11. The summed E-state index contributed by atoms with van der Waals surface area (Å²) in [5.41, 5.74) is 0.658. The zero-order valence-corrected chi connectivity index (χ0v) is 12.6. The van der Waals surface area contributed by atoms with Crippen LogP contribution in [-0.2, 0) is 9.53 Å². The van der Waals surface area contributed by atoms with Gasteiger partial charge in [-0.05, 0) is 38.1 Å². The molecule has 0 aromatic heterocycles. The van der Waals surface area contributed by atoms with E-state index in [0.29, 0.717) is 17.9 Å². The molecule has 1 fully saturated rings. The number of nitrogens with zero attached hydrogens (tertiary/aromatic N) is 2. The van der Waals surface area contributed by atoms with E-state index in [4.69, 9.17) is 4.74 Å². The number of carbonyl (C=O) groups is 1. The molecule has 1 amide bonds. The van der Waals surface area contributed by atoms with E-state index >= 15 is 0 Å². The Hall–Kier alpha value is -1.90. The highest BCUT2D eigenvalue weighted by atomic mass is 16.5. The summed E-state index contributed by atoms with van der Waals surface area (Å²) in [7, 11) is 3.36. The van der Waals surface area contributed by atoms with Crippen LogP contribution < -0.4 is 10.2 Å². The SMILES string of the molecule is COCC1(C(=O)N(C)c2ccccc2C#N)CCNCC1. The van der Waals surface area contributed by atoms with Crippen molar-refractivity contribution in [1.29, 1.82) is 5.26 Å². The van der Waals surface area contributed by atoms with Crippen LogP contribution in [0.4, 0.5) is 5.69 Å². The number of amides is 1. The molecule has 21 heavy (non-hydrogen) atoms. The summed E-state index contributed by atoms with van der Waals surface area (Å²) in [6.07, 6.45) is 1.50. The van der Waals surface area contributed by atoms with Crippen molar-refractivity contribution in [1.82, 2.24) is 5.32 Å². The van der Waals surface area contributed by atoms with Gasteiger partial charge in [-0.1, -0.05) is 12.1 Å². The lowest BCUT2D eigenvalue weighted by molar-refractivity contribution is -0.133. The van der Waals surface area contributed by atoms with Crippen LogP contribution in [0.3, 0.4) is 0 Å². The second-order valence-corrected chi connectivity index (χ2v) is 5.46. The summed E-state index contributed by atoms with van der Waals surface area (Å²) < 4.78 is 5.31. The van der Waals surface area contributed by atoms with Crippen LogP contribution in [-0.4, -0.2) is 39.8 Å². The molecule has 1 aliphatic rings. The Morgan fingerprint density at radius 2 is 2.10 bits per heavy atom. The van der Waals surface area contributed by atoms with Gasteiger partial charge in [-0.3, -0.25) is 4.79 Å². The molecule has 112 valence electrons. The van der Waals surface area contributed by atoms with Gasteiger partial charge in [0.05, 0.1) is 23.3 Å². The van der Waals surface area contributed by atoms with Crippen molar-refractivity contribution in [3.8, 4) is 6.07 Å². The van der Waals surface area contributed by atoms with Gasteiger partial charge in [0.25, 0.3) is 0 Å². The lowest BCUT2D eigenvalue weighted by Crippen LogP contribution is -2.50. The van der Waals surface area contributed by atoms with Gasteiger partial charge in [-0.15, -0.1) is 0 Å². The van der Waals surface area contributed by atoms with E-state index in [-0.39, 0.29) is 5.91 Å². The topological polar surface area (TPSA) is 65.4 Å². The minimum Gasteiger partial charge on any atom is -0.384 e. The van der Waals surface area contributed by atoms with Crippen molar-refractivity contribution in [2.45, 2.75) is 12.8 Å². The van der Waals surface area contributed by atoms with Crippen molar-refractivity contribution in [2.24, 2.45) is 5.41 Å². The molecule has 0 bridgehead atoms. The van der Waals surface area contributed by atoms with Gasteiger partial charge in [0.15, 0.2) is 0 Å². The molecular weight excluding hydrogens is 266 g/mol. The number of anilines is 1. The van der Waals surface area contributed by atoms with Gasteiger partial charge in [-0.25, -0.2) is 0 Å². The van der Waals surface area contributed by atoms with Gasteiger partial charge in [0.1, 0.15) is 6.07 Å². The molecule has 1 N–H and O–H groups in total. The fourth-order valence-electron chi connectivity index (χ4n) is 2.93. The maximum atomic E-state index is 13.0. The fraction of sp³-hybridized carbons (Fsp3) is 0.500. The van der Waals surface area contributed by atoms with Crippen LogP contribution >= 0.6 is 0 Å². The standard InChI is InChI=1S/C16H21N3O2/c1-19(14-6-4-3-5-13(14)11-17)15(20)16(12-21-2)7-9-18-10-8-16/h3-6,18H,7-10,12H2,1-2H3. The third-order valence-corrected chi connectivity index (χ3v) is 4.13. The Bertz CT molecular complexity index is 539. The normalized spacial score (nSPS) is 17.0. The zero-order chi connectivity index (χ0) is 15.3. The highest BCUT2D eigenvalue weighted by molar-refractivity contribution is 5.98. The zero-order valence-electron chi connectivity index (χ0n) is 12.6. The van der Waals surface area contributed by atoms with Crippen molar-refractivity contribution >= 4 is 11.6 Å². The van der Waals surface area contributed by atoms with Crippen molar-refractivity contribution < 1.29 is 9.53 Å². The minimum atomic E-state index is -0.503. The number of ether oxygens (including phenoxy) is 1. The molecule has 5 nitrogen and oxygen atoms in total. The maximum Gasteiger partial charge on any atom is 0.235 e. The average Bonchev–Trinajstić information content (AvgIpc) is 2.54. The quantitative estimate of drug-likeness (QED) is 0.912. The molecule has 0 atom stereocenters. The number of benzene rings is 1. The average molecular weight is 287 g/mol. The Morgan fingerprint density at radius 1 is 1.43 bits per heavy atom. The summed E-state index contributed by atoms with van der Waals surface area (Å²) in [6.45, 7) is 2.03. The van der Waals surface area contributed by atoms with Crippen molar-refractivity contribution in [3.05, 3.63) is 29.8 Å². The Labute approximate surface area is 125 Å². The molecule has 0 spiro atoms. The predicted octanol–water partition coefficient (Wildman–Crippen LogP) is 1.54. The van der Waals surface area contributed by atoms with Crippen molar-refractivity contribution in [2.75, 3.05) is 38.8 Å². The molecule has 1 saturated heterocycles. The van der Waals surface area contributed by atoms with Gasteiger partial charge in [0, 0.05) is 14.2 Å². The molecule has 0 radical (unpaired) electrons. The highest BCUT2D eigenvalue weighted by Gasteiger charge is 2.42. The molecule has 0 saturated carbocycles. The molecule has 2 rings (SSSR count). The molecule has 1 aromatic rings. The molecule has 1 aromatic carbocycles. The van der Waals surface area contributed by atoms with Crippen LogP contribution in [0.15, 0.2) is 24.3 Å². The minimum absolute atomic E-state index is 0.0218. The number of rotatable bonds is 4. The van der Waals surface area contributed by atoms with E-state index in [0.717, 1.165) is 25.9 Å². The van der Waals surface area contributed by atoms with Crippen LogP contribution in [0.2, 0.25) is 0 Å². The fourth-order valence-corrected chi connectivity index (χ4v) is 2.93. The van der Waals surface area contributed by atoms with E-state index in [1.54, 1.807) is 37.3 Å². The number of carbonyl (C=O) groups excluding carboxylic acids is 1. The number of piperidine rings is 1. The van der Waals surface area contributed by atoms with E-state index in [9.17, 15) is 10.1 Å². The Morgan fingerprint density at radius 3 is 2.71 bits per heavy atom. The van der Waals surface area contributed by atoms with E-state index in [1.165, 1.54) is 0 Å². The number of nitrogens with one attached hydrogen (secondary N) is 1. The summed E-state index contributed by atoms with van der Waals surface area (Å²) in [6, 6.07) is 9.31. The largest absolute Gasteiger partial charge is 0.384 e. The van der Waals surface area contributed by atoms with Crippen LogP contribution in [0.1, 0.15) is 18.4 Å². The molecule has 5 heteroatoms. The van der Waals surface area contributed by atoms with E-state index in [1.807, 2.05) is 6.07 Å². The lowest BCUT2D eigenvalue weighted by Gasteiger charge is -2.38. The summed E-state index contributed by atoms with van der Waals surface area (Å²) in [5, 5.41) is 12.5. The summed E-state index contributed by atoms with van der Waals surface area (Å²) >= 11 is 0. The Balaban J connectivity index is 2.30. The summed E-state index contributed by atoms with van der Waals surface area (Å²) in [5.74, 6) is 0.0218. The molecular formula is C16H21N3O2. The predicted molar refractivity (Wildman–Crippen MR) is 81.0 cm³/mol. The third kappa shape index (κ3) is 3.07. The van der Waals surface area contributed by atoms with Crippen LogP contribution in [0, 0.1) is 16.7 Å². The molecule has 1 aliphatic heterocycles. The lowest BCUT2D eigenvalue weighted by atomic mass is 9.78. The maximum absolute atomic E-state index is 13.0. The Kier molecular flexibility index (Phi) is 4.94. The monoisotopic (exact) mass is 287 g/mol. The second-order valence-electron chi connectivity index (χ2n) is 5.46. The number of hydrogen-bond acceptors (Lipinski definition) is 4. The number of nitriles is 1. The molecule has 1 heterocycles. The highest BCUT2D eigenvalue weighted by Crippen LogP contribution is 2.33. The summed E-state index contributed by atoms with van der Waals surface area (Å²) in [4.78, 5) is 14.6. The first kappa shape index (κ1) is 15.5. The van der Waals surface area contributed by atoms with Gasteiger partial charge >= 0.3 is 0 Å². The third-order valence-electron chi connectivity index (χ3n) is 4.13. The van der Waals surface area contributed by atoms with E-state index in [2.05, 4.69) is 11.4 Å². The number of methoxy groups -OCH3 is 1. The van der Waals surface area contributed by atoms with Gasteiger partial charge in [0.2, 0.25) is 5.91 Å². The van der Waals surface area contributed by atoms with Gasteiger partial charge in [-0.2, -0.15) is 5.26 Å². The van der Waals surface area contributed by atoms with Crippen LogP contribution in [0.25, 0.3) is 0 Å². The van der Waals surface area contributed by atoms with Gasteiger partial charge < -0.3 is 15.0 Å².